The first-order valence-corrected chi connectivity index (χ1v) is 10.9. The minimum absolute atomic E-state index is 0.0891. The fourth-order valence-electron chi connectivity index (χ4n) is 3.08. The van der Waals surface area contributed by atoms with Gasteiger partial charge in [0.25, 0.3) is 5.91 Å². The number of hydrogen-bond donors (Lipinski definition) is 2. The Bertz CT molecular complexity index is 824. The van der Waals surface area contributed by atoms with Gasteiger partial charge in [-0.05, 0) is 17.7 Å². The van der Waals surface area contributed by atoms with Gasteiger partial charge in [-0.3, -0.25) is 18.7 Å². The normalized spacial score (nSPS) is 24.3. The zero-order chi connectivity index (χ0) is 19.6. The summed E-state index contributed by atoms with van der Waals surface area (Å²) in [5.74, 6) is -1.32. The van der Waals surface area contributed by atoms with Gasteiger partial charge in [-0.2, -0.15) is 0 Å². The molecule has 0 radical (unpaired) electrons. The number of rotatable bonds is 7. The standard InChI is InChI=1S/C18H20N2O5S2/c1-2-8-26-12-10-27(25)17-14(16(22)20(17)15(12)18(23)24)19-13(21)9-11-6-4-3-5-7-11/h3-7,14,17H,2,8-10H2,1H3,(H,19,21)(H,23,24)/t14?,17-,27?/m1/s1. The van der Waals surface area contributed by atoms with Crippen LogP contribution < -0.4 is 5.32 Å². The SMILES string of the molecule is CCCSC1=C(C(=O)O)N2C(=O)C(NC(=O)Cc3ccccc3)[C@H]2S(=O)C1. The molecule has 2 heterocycles. The van der Waals surface area contributed by atoms with Crippen LogP contribution in [0.3, 0.4) is 0 Å². The molecule has 2 aliphatic rings. The van der Waals surface area contributed by atoms with Gasteiger partial charge in [-0.1, -0.05) is 37.3 Å². The van der Waals surface area contributed by atoms with Gasteiger partial charge in [-0.25, -0.2) is 4.79 Å². The summed E-state index contributed by atoms with van der Waals surface area (Å²) in [5, 5.41) is 11.3. The maximum Gasteiger partial charge on any atom is 0.353 e. The summed E-state index contributed by atoms with van der Waals surface area (Å²) in [6.07, 6.45) is 0.937. The van der Waals surface area contributed by atoms with E-state index in [0.717, 1.165) is 16.9 Å². The first-order chi connectivity index (χ1) is 12.9. The second-order valence-corrected chi connectivity index (χ2v) is 8.98. The van der Waals surface area contributed by atoms with Crippen molar-refractivity contribution in [3.63, 3.8) is 0 Å². The summed E-state index contributed by atoms with van der Waals surface area (Å²) < 4.78 is 12.6. The van der Waals surface area contributed by atoms with Crippen LogP contribution >= 0.6 is 11.8 Å². The van der Waals surface area contributed by atoms with Crippen molar-refractivity contribution >= 4 is 40.3 Å². The van der Waals surface area contributed by atoms with E-state index in [4.69, 9.17) is 0 Å². The summed E-state index contributed by atoms with van der Waals surface area (Å²) in [6.45, 7) is 1.96. The van der Waals surface area contributed by atoms with Crippen LogP contribution in [0, 0.1) is 0 Å². The maximum atomic E-state index is 12.6. The molecule has 9 heteroatoms. The van der Waals surface area contributed by atoms with Crippen molar-refractivity contribution in [2.45, 2.75) is 31.2 Å². The molecule has 1 fully saturated rings. The Morgan fingerprint density at radius 2 is 2.04 bits per heavy atom. The second-order valence-electron chi connectivity index (χ2n) is 6.26. The zero-order valence-corrected chi connectivity index (χ0v) is 16.3. The van der Waals surface area contributed by atoms with Crippen molar-refractivity contribution in [3.8, 4) is 0 Å². The summed E-state index contributed by atoms with van der Waals surface area (Å²) in [6, 6.07) is 8.12. The van der Waals surface area contributed by atoms with Gasteiger partial charge in [0, 0.05) is 4.91 Å². The third-order valence-electron chi connectivity index (χ3n) is 4.30. The largest absolute Gasteiger partial charge is 0.477 e. The fraction of sp³-hybridized carbons (Fsp3) is 0.389. The number of amides is 2. The molecule has 3 atom stereocenters. The lowest BCUT2D eigenvalue weighted by Gasteiger charge is -2.48. The molecule has 1 aromatic rings. The van der Waals surface area contributed by atoms with Crippen LogP contribution in [0.15, 0.2) is 40.9 Å². The Morgan fingerprint density at radius 3 is 2.67 bits per heavy atom. The van der Waals surface area contributed by atoms with Crippen molar-refractivity contribution in [3.05, 3.63) is 46.5 Å². The van der Waals surface area contributed by atoms with Gasteiger partial charge in [-0.15, -0.1) is 11.8 Å². The number of thioether (sulfide) groups is 1. The van der Waals surface area contributed by atoms with E-state index in [1.54, 1.807) is 12.1 Å². The Hall–Kier alpha value is -2.13. The number of carbonyl (C=O) groups is 3. The maximum absolute atomic E-state index is 12.6. The number of carboxylic acid groups (broad SMARTS) is 1. The minimum atomic E-state index is -1.46. The monoisotopic (exact) mass is 408 g/mol. The van der Waals surface area contributed by atoms with Crippen molar-refractivity contribution in [2.75, 3.05) is 11.5 Å². The average Bonchev–Trinajstić information content (AvgIpc) is 2.64. The molecule has 3 rings (SSSR count). The third-order valence-corrected chi connectivity index (χ3v) is 7.37. The molecule has 144 valence electrons. The molecule has 0 bridgehead atoms. The summed E-state index contributed by atoms with van der Waals surface area (Å²) in [7, 11) is -1.46. The smallest absolute Gasteiger partial charge is 0.353 e. The van der Waals surface area contributed by atoms with E-state index in [-0.39, 0.29) is 23.8 Å². The molecule has 2 amide bonds. The lowest BCUT2D eigenvalue weighted by molar-refractivity contribution is -0.150. The quantitative estimate of drug-likeness (QED) is 0.655. The molecule has 1 saturated heterocycles. The van der Waals surface area contributed by atoms with Crippen LogP contribution in [0.1, 0.15) is 18.9 Å². The van der Waals surface area contributed by atoms with E-state index in [0.29, 0.717) is 10.7 Å². The molecule has 1 aromatic carbocycles. The molecule has 7 nitrogen and oxygen atoms in total. The molecular weight excluding hydrogens is 388 g/mol. The number of nitrogens with zero attached hydrogens (tertiary/aromatic N) is 1. The topological polar surface area (TPSA) is 104 Å². The van der Waals surface area contributed by atoms with Crippen molar-refractivity contribution in [1.82, 2.24) is 10.2 Å². The van der Waals surface area contributed by atoms with E-state index in [2.05, 4.69) is 5.32 Å². The molecule has 0 saturated carbocycles. The second kappa shape index (κ2) is 8.26. The highest BCUT2D eigenvalue weighted by molar-refractivity contribution is 8.04. The molecule has 0 aliphatic carbocycles. The van der Waals surface area contributed by atoms with Gasteiger partial charge < -0.3 is 10.4 Å². The van der Waals surface area contributed by atoms with E-state index < -0.39 is 34.1 Å². The highest BCUT2D eigenvalue weighted by atomic mass is 32.2. The molecule has 27 heavy (non-hydrogen) atoms. The predicted octanol–water partition coefficient (Wildman–Crippen LogP) is 1.08. The Morgan fingerprint density at radius 1 is 1.33 bits per heavy atom. The van der Waals surface area contributed by atoms with Gasteiger partial charge in [0.05, 0.1) is 23.0 Å². The van der Waals surface area contributed by atoms with Crippen molar-refractivity contribution in [2.24, 2.45) is 0 Å². The van der Waals surface area contributed by atoms with Crippen molar-refractivity contribution in [1.29, 1.82) is 0 Å². The predicted molar refractivity (Wildman–Crippen MR) is 103 cm³/mol. The fourth-order valence-corrected chi connectivity index (χ4v) is 6.04. The van der Waals surface area contributed by atoms with Gasteiger partial charge >= 0.3 is 5.97 Å². The first kappa shape index (κ1) is 19.6. The van der Waals surface area contributed by atoms with E-state index in [1.807, 2.05) is 25.1 Å². The number of carbonyl (C=O) groups excluding carboxylic acids is 2. The van der Waals surface area contributed by atoms with Gasteiger partial charge in [0.15, 0.2) is 0 Å². The molecule has 2 unspecified atom stereocenters. The van der Waals surface area contributed by atoms with Gasteiger partial charge in [0.2, 0.25) is 5.91 Å². The van der Waals surface area contributed by atoms with Crippen molar-refractivity contribution < 1.29 is 23.7 Å². The molecule has 0 spiro atoms. The molecule has 0 aromatic heterocycles. The van der Waals surface area contributed by atoms with Gasteiger partial charge in [0.1, 0.15) is 17.1 Å². The summed E-state index contributed by atoms with van der Waals surface area (Å²) in [5.41, 5.74) is 0.698. The number of fused-ring (bicyclic) bond motifs is 1. The van der Waals surface area contributed by atoms with Crippen LogP contribution in [-0.2, 0) is 31.6 Å². The third kappa shape index (κ3) is 3.93. The highest BCUT2D eigenvalue weighted by Gasteiger charge is 2.57. The molecule has 2 N–H and O–H groups in total. The Kier molecular flexibility index (Phi) is 6.01. The number of hydrogen-bond acceptors (Lipinski definition) is 5. The Labute approximate surface area is 163 Å². The van der Waals surface area contributed by atoms with E-state index in [9.17, 15) is 23.7 Å². The van der Waals surface area contributed by atoms with Crippen LogP contribution in [0.5, 0.6) is 0 Å². The number of benzene rings is 1. The number of aliphatic carboxylic acids is 1. The van der Waals surface area contributed by atoms with Crippen LogP contribution in [0.4, 0.5) is 0 Å². The zero-order valence-electron chi connectivity index (χ0n) is 14.7. The minimum Gasteiger partial charge on any atom is -0.477 e. The molecular formula is C18H20N2O5S2. The van der Waals surface area contributed by atoms with E-state index >= 15 is 0 Å². The number of carboxylic acids is 1. The first-order valence-electron chi connectivity index (χ1n) is 8.56. The lowest BCUT2D eigenvalue weighted by atomic mass is 10.0. The molecule has 2 aliphatic heterocycles. The lowest BCUT2D eigenvalue weighted by Crippen LogP contribution is -2.73. The summed E-state index contributed by atoms with van der Waals surface area (Å²) in [4.78, 5) is 38.0. The van der Waals surface area contributed by atoms with Crippen LogP contribution in [-0.4, -0.2) is 54.9 Å². The van der Waals surface area contributed by atoms with E-state index in [1.165, 1.54) is 11.8 Å². The van der Waals surface area contributed by atoms with Crippen LogP contribution in [0.2, 0.25) is 0 Å². The summed E-state index contributed by atoms with van der Waals surface area (Å²) >= 11 is 1.32. The Balaban J connectivity index is 1.75. The van der Waals surface area contributed by atoms with Crippen LogP contribution in [0.25, 0.3) is 0 Å². The highest BCUT2D eigenvalue weighted by Crippen LogP contribution is 2.38. The number of β-lactam (4-membered cyclic amide) rings is 1. The average molecular weight is 409 g/mol. The number of nitrogens with one attached hydrogen (secondary N) is 1.